The van der Waals surface area contributed by atoms with E-state index in [0.717, 1.165) is 23.5 Å². The largest absolute Gasteiger partial charge is 0.323 e. The lowest BCUT2D eigenvalue weighted by atomic mass is 10.2. The van der Waals surface area contributed by atoms with E-state index in [4.69, 9.17) is 11.6 Å². The first-order valence-electron chi connectivity index (χ1n) is 6.70. The summed E-state index contributed by atoms with van der Waals surface area (Å²) in [5, 5.41) is 5.86. The fourth-order valence-electron chi connectivity index (χ4n) is 1.79. The van der Waals surface area contributed by atoms with Crippen LogP contribution in [0.4, 0.5) is 20.2 Å². The molecule has 0 fully saturated rings. The van der Waals surface area contributed by atoms with Gasteiger partial charge in [-0.05, 0) is 30.0 Å². The molecule has 1 unspecified atom stereocenters. The Balaban J connectivity index is 2.14. The van der Waals surface area contributed by atoms with Gasteiger partial charge in [0.2, 0.25) is 5.91 Å². The highest BCUT2D eigenvalue weighted by Crippen LogP contribution is 2.25. The summed E-state index contributed by atoms with van der Waals surface area (Å²) in [5.74, 6) is -2.60. The van der Waals surface area contributed by atoms with Crippen LogP contribution >= 0.6 is 22.9 Å². The van der Waals surface area contributed by atoms with Crippen molar-refractivity contribution in [2.75, 3.05) is 10.6 Å². The van der Waals surface area contributed by atoms with Crippen LogP contribution < -0.4 is 10.6 Å². The number of nitrogens with one attached hydrogen (secondary N) is 2. The van der Waals surface area contributed by atoms with Crippen LogP contribution in [0.1, 0.15) is 23.0 Å². The minimum absolute atomic E-state index is 0.0121. The van der Waals surface area contributed by atoms with Crippen molar-refractivity contribution in [2.45, 2.75) is 18.7 Å². The first-order chi connectivity index (χ1) is 10.9. The predicted molar refractivity (Wildman–Crippen MR) is 87.2 cm³/mol. The standard InChI is InChI=1S/C15H13ClF2N2O2S/c1-2-11(16)14(21)20-12-3-4-23-13(12)15(22)19-10-6-8(17)5-9(18)7-10/h3-7,11H,2H2,1H3,(H,19,22)(H,20,21). The Morgan fingerprint density at radius 2 is 1.87 bits per heavy atom. The van der Waals surface area contributed by atoms with Crippen molar-refractivity contribution in [1.29, 1.82) is 0 Å². The topological polar surface area (TPSA) is 58.2 Å². The van der Waals surface area contributed by atoms with Gasteiger partial charge in [0.05, 0.1) is 5.69 Å². The normalized spacial score (nSPS) is 11.8. The van der Waals surface area contributed by atoms with Crippen LogP contribution in [-0.2, 0) is 4.79 Å². The number of rotatable bonds is 5. The summed E-state index contributed by atoms with van der Waals surface area (Å²) in [6.45, 7) is 1.76. The molecule has 8 heteroatoms. The van der Waals surface area contributed by atoms with Gasteiger partial charge in [-0.3, -0.25) is 9.59 Å². The molecule has 1 heterocycles. The molecule has 1 aromatic heterocycles. The number of hydrogen-bond acceptors (Lipinski definition) is 3. The molecule has 0 radical (unpaired) electrons. The van der Waals surface area contributed by atoms with Gasteiger partial charge in [-0.25, -0.2) is 8.78 Å². The number of benzene rings is 1. The summed E-state index contributed by atoms with van der Waals surface area (Å²) in [6, 6.07) is 4.26. The molecule has 0 bridgehead atoms. The summed E-state index contributed by atoms with van der Waals surface area (Å²) in [5.41, 5.74) is 0.287. The molecule has 0 saturated heterocycles. The second-order valence-corrected chi connectivity index (χ2v) is 6.08. The zero-order chi connectivity index (χ0) is 17.0. The average Bonchev–Trinajstić information content (AvgIpc) is 2.93. The number of alkyl halides is 1. The molecular weight excluding hydrogens is 346 g/mol. The van der Waals surface area contributed by atoms with E-state index in [2.05, 4.69) is 10.6 Å². The molecule has 4 nitrogen and oxygen atoms in total. The summed E-state index contributed by atoms with van der Waals surface area (Å²) in [7, 11) is 0. The van der Waals surface area contributed by atoms with Gasteiger partial charge in [0.25, 0.3) is 5.91 Å². The molecule has 0 saturated carbocycles. The van der Waals surface area contributed by atoms with Gasteiger partial charge in [0.1, 0.15) is 21.9 Å². The Bertz CT molecular complexity index is 716. The third-order valence-electron chi connectivity index (χ3n) is 2.89. The molecule has 2 aromatic rings. The molecule has 1 atom stereocenters. The van der Waals surface area contributed by atoms with E-state index in [1.807, 2.05) is 0 Å². The van der Waals surface area contributed by atoms with Crippen LogP contribution in [0.2, 0.25) is 0 Å². The second-order valence-electron chi connectivity index (χ2n) is 4.64. The third kappa shape index (κ3) is 4.49. The lowest BCUT2D eigenvalue weighted by molar-refractivity contribution is -0.115. The smallest absolute Gasteiger partial charge is 0.267 e. The van der Waals surface area contributed by atoms with E-state index >= 15 is 0 Å². The van der Waals surface area contributed by atoms with Crippen LogP contribution in [-0.4, -0.2) is 17.2 Å². The second kappa shape index (κ2) is 7.52. The van der Waals surface area contributed by atoms with Crippen molar-refractivity contribution in [3.05, 3.63) is 46.2 Å². The lowest BCUT2D eigenvalue weighted by Gasteiger charge is -2.10. The Labute approximate surface area is 140 Å². The molecule has 122 valence electrons. The molecule has 0 aliphatic heterocycles. The van der Waals surface area contributed by atoms with Crippen LogP contribution in [0.5, 0.6) is 0 Å². The highest BCUT2D eigenvalue weighted by atomic mass is 35.5. The van der Waals surface area contributed by atoms with E-state index in [-0.39, 0.29) is 10.6 Å². The van der Waals surface area contributed by atoms with E-state index in [1.165, 1.54) is 0 Å². The molecule has 0 spiro atoms. The molecule has 0 aliphatic carbocycles. The van der Waals surface area contributed by atoms with Gasteiger partial charge in [-0.15, -0.1) is 22.9 Å². The highest BCUT2D eigenvalue weighted by Gasteiger charge is 2.19. The van der Waals surface area contributed by atoms with E-state index < -0.39 is 28.8 Å². The SMILES string of the molecule is CCC(Cl)C(=O)Nc1ccsc1C(=O)Nc1cc(F)cc(F)c1. The number of hydrogen-bond donors (Lipinski definition) is 2. The summed E-state index contributed by atoms with van der Waals surface area (Å²) >= 11 is 6.93. The fraction of sp³-hybridized carbons (Fsp3) is 0.200. The summed E-state index contributed by atoms with van der Waals surface area (Å²) in [4.78, 5) is 24.2. The van der Waals surface area contributed by atoms with Crippen LogP contribution in [0.3, 0.4) is 0 Å². The van der Waals surface area contributed by atoms with Crippen LogP contribution in [0, 0.1) is 11.6 Å². The lowest BCUT2D eigenvalue weighted by Crippen LogP contribution is -2.23. The van der Waals surface area contributed by atoms with Gasteiger partial charge in [0.15, 0.2) is 0 Å². The van der Waals surface area contributed by atoms with Gasteiger partial charge >= 0.3 is 0 Å². The Morgan fingerprint density at radius 3 is 2.48 bits per heavy atom. The molecule has 1 aromatic carbocycles. The van der Waals surface area contributed by atoms with Crippen molar-refractivity contribution in [3.8, 4) is 0 Å². The number of carbonyl (C=O) groups is 2. The number of halogens is 3. The zero-order valence-corrected chi connectivity index (χ0v) is 13.6. The monoisotopic (exact) mass is 358 g/mol. The van der Waals surface area contributed by atoms with Crippen molar-refractivity contribution >= 4 is 46.1 Å². The van der Waals surface area contributed by atoms with Crippen LogP contribution in [0.15, 0.2) is 29.6 Å². The van der Waals surface area contributed by atoms with Crippen molar-refractivity contribution in [1.82, 2.24) is 0 Å². The predicted octanol–water partition coefficient (Wildman–Crippen LogP) is 4.23. The minimum Gasteiger partial charge on any atom is -0.323 e. The zero-order valence-electron chi connectivity index (χ0n) is 12.0. The first-order valence-corrected chi connectivity index (χ1v) is 8.02. The summed E-state index contributed by atoms with van der Waals surface area (Å²) in [6.07, 6.45) is 0.446. The maximum Gasteiger partial charge on any atom is 0.267 e. The molecule has 2 N–H and O–H groups in total. The molecule has 23 heavy (non-hydrogen) atoms. The maximum atomic E-state index is 13.1. The van der Waals surface area contributed by atoms with E-state index in [9.17, 15) is 18.4 Å². The quantitative estimate of drug-likeness (QED) is 0.786. The molecule has 2 rings (SSSR count). The maximum absolute atomic E-state index is 13.1. The van der Waals surface area contributed by atoms with Crippen molar-refractivity contribution in [3.63, 3.8) is 0 Å². The van der Waals surface area contributed by atoms with Gasteiger partial charge < -0.3 is 10.6 Å². The Morgan fingerprint density at radius 1 is 1.22 bits per heavy atom. The van der Waals surface area contributed by atoms with E-state index in [0.29, 0.717) is 18.2 Å². The Kier molecular flexibility index (Phi) is 5.68. The minimum atomic E-state index is -0.798. The summed E-state index contributed by atoms with van der Waals surface area (Å²) < 4.78 is 26.3. The average molecular weight is 359 g/mol. The first kappa shape index (κ1) is 17.4. The third-order valence-corrected chi connectivity index (χ3v) is 4.31. The van der Waals surface area contributed by atoms with Gasteiger partial charge in [0, 0.05) is 11.8 Å². The van der Waals surface area contributed by atoms with Crippen molar-refractivity contribution < 1.29 is 18.4 Å². The number of thiophene rings is 1. The van der Waals surface area contributed by atoms with Crippen LogP contribution in [0.25, 0.3) is 0 Å². The van der Waals surface area contributed by atoms with Crippen molar-refractivity contribution in [2.24, 2.45) is 0 Å². The fourth-order valence-corrected chi connectivity index (χ4v) is 2.59. The molecule has 2 amide bonds. The number of anilines is 2. The number of amides is 2. The van der Waals surface area contributed by atoms with E-state index in [1.54, 1.807) is 18.4 Å². The number of carbonyl (C=O) groups excluding carboxylic acids is 2. The van der Waals surface area contributed by atoms with Gasteiger partial charge in [-0.2, -0.15) is 0 Å². The molecular formula is C15H13ClF2N2O2S. The Hall–Kier alpha value is -1.99. The van der Waals surface area contributed by atoms with Gasteiger partial charge in [-0.1, -0.05) is 6.92 Å². The highest BCUT2D eigenvalue weighted by molar-refractivity contribution is 7.12. The molecule has 0 aliphatic rings.